The quantitative estimate of drug-likeness (QED) is 0.611. The van der Waals surface area contributed by atoms with E-state index in [1.807, 2.05) is 18.3 Å². The van der Waals surface area contributed by atoms with Gasteiger partial charge in [0.2, 0.25) is 0 Å². The SMILES string of the molecule is CC[C@H](CO)NCc1ccc[nH]1. The number of aliphatic hydroxyl groups excluding tert-OH is 1. The van der Waals surface area contributed by atoms with E-state index < -0.39 is 0 Å². The molecule has 1 rings (SSSR count). The fraction of sp³-hybridized carbons (Fsp3) is 0.556. The van der Waals surface area contributed by atoms with E-state index in [4.69, 9.17) is 5.11 Å². The molecule has 3 nitrogen and oxygen atoms in total. The van der Waals surface area contributed by atoms with Crippen molar-refractivity contribution in [2.45, 2.75) is 25.9 Å². The first-order valence-corrected chi connectivity index (χ1v) is 4.33. The van der Waals surface area contributed by atoms with E-state index in [9.17, 15) is 0 Å². The number of hydrogen-bond donors (Lipinski definition) is 3. The smallest absolute Gasteiger partial charge is 0.0584 e. The first kappa shape index (κ1) is 9.29. The van der Waals surface area contributed by atoms with Crippen LogP contribution in [-0.4, -0.2) is 22.7 Å². The van der Waals surface area contributed by atoms with Gasteiger partial charge in [-0.25, -0.2) is 0 Å². The summed E-state index contributed by atoms with van der Waals surface area (Å²) in [6, 6.07) is 4.21. The molecule has 0 amide bonds. The Balaban J connectivity index is 2.25. The third kappa shape index (κ3) is 2.68. The summed E-state index contributed by atoms with van der Waals surface area (Å²) in [6.45, 7) is 3.06. The second-order valence-corrected chi connectivity index (χ2v) is 2.86. The van der Waals surface area contributed by atoms with Gasteiger partial charge in [-0.15, -0.1) is 0 Å². The van der Waals surface area contributed by atoms with Gasteiger partial charge in [0.1, 0.15) is 0 Å². The minimum absolute atomic E-state index is 0.206. The van der Waals surface area contributed by atoms with E-state index in [0.29, 0.717) is 0 Å². The van der Waals surface area contributed by atoms with Crippen molar-refractivity contribution in [1.82, 2.24) is 10.3 Å². The summed E-state index contributed by atoms with van der Waals surface area (Å²) in [5.41, 5.74) is 1.15. The van der Waals surface area contributed by atoms with Gasteiger partial charge in [-0.05, 0) is 18.6 Å². The predicted molar refractivity (Wildman–Crippen MR) is 48.8 cm³/mol. The lowest BCUT2D eigenvalue weighted by atomic mass is 10.2. The van der Waals surface area contributed by atoms with Gasteiger partial charge in [0, 0.05) is 24.5 Å². The Morgan fingerprint density at radius 2 is 2.50 bits per heavy atom. The van der Waals surface area contributed by atoms with E-state index in [1.165, 1.54) is 0 Å². The van der Waals surface area contributed by atoms with Crippen LogP contribution in [0, 0.1) is 0 Å². The van der Waals surface area contributed by atoms with Crippen LogP contribution >= 0.6 is 0 Å². The van der Waals surface area contributed by atoms with E-state index >= 15 is 0 Å². The van der Waals surface area contributed by atoms with Crippen LogP contribution in [0.2, 0.25) is 0 Å². The van der Waals surface area contributed by atoms with Crippen LogP contribution in [0.25, 0.3) is 0 Å². The molecule has 0 aliphatic rings. The highest BCUT2D eigenvalue weighted by Crippen LogP contribution is 1.95. The molecule has 12 heavy (non-hydrogen) atoms. The lowest BCUT2D eigenvalue weighted by Gasteiger charge is -2.12. The molecule has 0 saturated carbocycles. The zero-order valence-corrected chi connectivity index (χ0v) is 7.38. The topological polar surface area (TPSA) is 48.0 Å². The molecule has 1 aromatic rings. The maximum atomic E-state index is 8.88. The van der Waals surface area contributed by atoms with Gasteiger partial charge in [0.15, 0.2) is 0 Å². The number of aromatic nitrogens is 1. The molecular weight excluding hydrogens is 152 g/mol. The first-order chi connectivity index (χ1) is 5.86. The summed E-state index contributed by atoms with van der Waals surface area (Å²) >= 11 is 0. The van der Waals surface area contributed by atoms with Crippen molar-refractivity contribution in [3.05, 3.63) is 24.0 Å². The average molecular weight is 168 g/mol. The van der Waals surface area contributed by atoms with Gasteiger partial charge in [-0.1, -0.05) is 6.92 Å². The molecular formula is C9H16N2O. The molecule has 0 aliphatic carbocycles. The average Bonchev–Trinajstić information content (AvgIpc) is 2.59. The molecule has 1 aromatic heterocycles. The van der Waals surface area contributed by atoms with Crippen molar-refractivity contribution in [1.29, 1.82) is 0 Å². The summed E-state index contributed by atoms with van der Waals surface area (Å²) < 4.78 is 0. The Labute approximate surface area is 72.8 Å². The molecule has 0 fully saturated rings. The van der Waals surface area contributed by atoms with Crippen LogP contribution in [-0.2, 0) is 6.54 Å². The fourth-order valence-electron chi connectivity index (χ4n) is 1.07. The standard InChI is InChI=1S/C9H16N2O/c1-2-8(7-12)11-6-9-4-3-5-10-9/h3-5,8,10-12H,2,6-7H2,1H3/t8-/m1/s1. The van der Waals surface area contributed by atoms with Crippen LogP contribution < -0.4 is 5.32 Å². The molecule has 1 heterocycles. The van der Waals surface area contributed by atoms with Crippen molar-refractivity contribution in [2.24, 2.45) is 0 Å². The zero-order valence-electron chi connectivity index (χ0n) is 7.38. The first-order valence-electron chi connectivity index (χ1n) is 4.33. The summed E-state index contributed by atoms with van der Waals surface area (Å²) in [5.74, 6) is 0. The maximum absolute atomic E-state index is 8.88. The van der Waals surface area contributed by atoms with Gasteiger partial charge in [0.05, 0.1) is 6.61 Å². The zero-order chi connectivity index (χ0) is 8.81. The molecule has 0 unspecified atom stereocenters. The van der Waals surface area contributed by atoms with E-state index in [1.54, 1.807) is 0 Å². The molecule has 3 N–H and O–H groups in total. The third-order valence-corrected chi connectivity index (χ3v) is 1.96. The Kier molecular flexibility index (Phi) is 3.84. The third-order valence-electron chi connectivity index (χ3n) is 1.96. The normalized spacial score (nSPS) is 13.2. The van der Waals surface area contributed by atoms with Crippen LogP contribution in [0.5, 0.6) is 0 Å². The second kappa shape index (κ2) is 4.95. The highest BCUT2D eigenvalue weighted by molar-refractivity contribution is 5.03. The van der Waals surface area contributed by atoms with Gasteiger partial charge < -0.3 is 15.4 Å². The summed E-state index contributed by atoms with van der Waals surface area (Å²) in [7, 11) is 0. The Morgan fingerprint density at radius 1 is 1.67 bits per heavy atom. The number of aliphatic hydroxyl groups is 1. The predicted octanol–water partition coefficient (Wildman–Crippen LogP) is 0.875. The lowest BCUT2D eigenvalue weighted by Crippen LogP contribution is -2.31. The molecule has 3 heteroatoms. The number of hydrogen-bond acceptors (Lipinski definition) is 2. The maximum Gasteiger partial charge on any atom is 0.0584 e. The largest absolute Gasteiger partial charge is 0.395 e. The van der Waals surface area contributed by atoms with Crippen LogP contribution in [0.1, 0.15) is 19.0 Å². The molecule has 1 atom stereocenters. The monoisotopic (exact) mass is 168 g/mol. The Morgan fingerprint density at radius 3 is 3.00 bits per heavy atom. The van der Waals surface area contributed by atoms with E-state index in [2.05, 4.69) is 17.2 Å². The van der Waals surface area contributed by atoms with E-state index in [-0.39, 0.29) is 12.6 Å². The summed E-state index contributed by atoms with van der Waals surface area (Å²) in [6.07, 6.45) is 2.86. The van der Waals surface area contributed by atoms with E-state index in [0.717, 1.165) is 18.7 Å². The molecule has 68 valence electrons. The van der Waals surface area contributed by atoms with Gasteiger partial charge in [-0.2, -0.15) is 0 Å². The molecule has 0 bridgehead atoms. The van der Waals surface area contributed by atoms with Crippen molar-refractivity contribution in [3.63, 3.8) is 0 Å². The van der Waals surface area contributed by atoms with Crippen molar-refractivity contribution >= 4 is 0 Å². The van der Waals surface area contributed by atoms with Crippen LogP contribution in [0.4, 0.5) is 0 Å². The Hall–Kier alpha value is -0.800. The molecule has 0 saturated heterocycles. The summed E-state index contributed by atoms with van der Waals surface area (Å²) in [5, 5.41) is 12.1. The molecule has 0 radical (unpaired) electrons. The number of rotatable bonds is 5. The Bertz CT molecular complexity index is 192. The van der Waals surface area contributed by atoms with Gasteiger partial charge in [-0.3, -0.25) is 0 Å². The van der Waals surface area contributed by atoms with Crippen molar-refractivity contribution in [2.75, 3.05) is 6.61 Å². The summed E-state index contributed by atoms with van der Waals surface area (Å²) in [4.78, 5) is 3.10. The lowest BCUT2D eigenvalue weighted by molar-refractivity contribution is 0.238. The van der Waals surface area contributed by atoms with Crippen molar-refractivity contribution in [3.8, 4) is 0 Å². The number of H-pyrrole nitrogens is 1. The molecule has 0 aromatic carbocycles. The molecule has 0 spiro atoms. The fourth-order valence-corrected chi connectivity index (χ4v) is 1.07. The minimum atomic E-state index is 0.206. The number of aromatic amines is 1. The number of nitrogens with one attached hydrogen (secondary N) is 2. The molecule has 0 aliphatic heterocycles. The minimum Gasteiger partial charge on any atom is -0.395 e. The second-order valence-electron chi connectivity index (χ2n) is 2.86. The highest BCUT2D eigenvalue weighted by atomic mass is 16.3. The van der Waals surface area contributed by atoms with Crippen LogP contribution in [0.15, 0.2) is 18.3 Å². The van der Waals surface area contributed by atoms with Gasteiger partial charge >= 0.3 is 0 Å². The van der Waals surface area contributed by atoms with Crippen LogP contribution in [0.3, 0.4) is 0 Å². The van der Waals surface area contributed by atoms with Crippen molar-refractivity contribution < 1.29 is 5.11 Å². The highest BCUT2D eigenvalue weighted by Gasteiger charge is 2.02. The van der Waals surface area contributed by atoms with Gasteiger partial charge in [0.25, 0.3) is 0 Å².